The number of urea groups is 1. The molecule has 1 aromatic carbocycles. The molecular weight excluding hydrogens is 294 g/mol. The summed E-state index contributed by atoms with van der Waals surface area (Å²) in [7, 11) is 0. The highest BCUT2D eigenvalue weighted by molar-refractivity contribution is 7.99. The molecule has 1 unspecified atom stereocenters. The third-order valence-electron chi connectivity index (χ3n) is 3.76. The normalized spacial score (nSPS) is 17.5. The number of aryl methyl sites for hydroxylation is 1. The highest BCUT2D eigenvalue weighted by atomic mass is 32.2. The standard InChI is InChI=1S/C17H19N3OS/c1-2-13-6-3-4-8-15(13)19-17(21)20-10-11-22-16(20)14-7-5-9-18-12-14/h3-9,12,16H,2,10-11H2,1H3,(H,19,21). The lowest BCUT2D eigenvalue weighted by atomic mass is 10.1. The second-order valence-corrected chi connectivity index (χ2v) is 6.33. The number of pyridine rings is 1. The molecule has 5 heteroatoms. The average molecular weight is 313 g/mol. The maximum atomic E-state index is 12.6. The van der Waals surface area contributed by atoms with Crippen molar-refractivity contribution in [1.82, 2.24) is 9.88 Å². The van der Waals surface area contributed by atoms with Crippen molar-refractivity contribution in [2.45, 2.75) is 18.7 Å². The molecule has 0 saturated carbocycles. The van der Waals surface area contributed by atoms with Crippen molar-refractivity contribution in [3.8, 4) is 0 Å². The fraction of sp³-hybridized carbons (Fsp3) is 0.294. The number of nitrogens with zero attached hydrogens (tertiary/aromatic N) is 2. The van der Waals surface area contributed by atoms with E-state index in [4.69, 9.17) is 0 Å². The van der Waals surface area contributed by atoms with Gasteiger partial charge in [-0.25, -0.2) is 4.79 Å². The molecule has 1 N–H and O–H groups in total. The lowest BCUT2D eigenvalue weighted by molar-refractivity contribution is 0.214. The van der Waals surface area contributed by atoms with E-state index in [-0.39, 0.29) is 11.4 Å². The first-order chi connectivity index (χ1) is 10.8. The summed E-state index contributed by atoms with van der Waals surface area (Å²) in [6.45, 7) is 2.85. The first-order valence-electron chi connectivity index (χ1n) is 7.46. The zero-order valence-corrected chi connectivity index (χ0v) is 13.3. The van der Waals surface area contributed by atoms with Crippen LogP contribution >= 0.6 is 11.8 Å². The van der Waals surface area contributed by atoms with Gasteiger partial charge in [0.25, 0.3) is 0 Å². The molecule has 1 atom stereocenters. The van der Waals surface area contributed by atoms with Crippen LogP contribution in [0, 0.1) is 0 Å². The summed E-state index contributed by atoms with van der Waals surface area (Å²) < 4.78 is 0. The largest absolute Gasteiger partial charge is 0.323 e. The number of amides is 2. The molecule has 0 bridgehead atoms. The van der Waals surface area contributed by atoms with E-state index in [1.165, 1.54) is 0 Å². The molecule has 2 aromatic rings. The average Bonchev–Trinajstić information content (AvgIpc) is 3.06. The number of hydrogen-bond donors (Lipinski definition) is 1. The molecule has 1 aliphatic rings. The molecule has 3 rings (SSSR count). The number of rotatable bonds is 3. The van der Waals surface area contributed by atoms with E-state index in [2.05, 4.69) is 17.2 Å². The van der Waals surface area contributed by atoms with Gasteiger partial charge in [0.2, 0.25) is 0 Å². The zero-order valence-electron chi connectivity index (χ0n) is 12.5. The number of thioether (sulfide) groups is 1. The highest BCUT2D eigenvalue weighted by Crippen LogP contribution is 2.37. The van der Waals surface area contributed by atoms with Crippen LogP contribution < -0.4 is 5.32 Å². The van der Waals surface area contributed by atoms with Gasteiger partial charge in [-0.1, -0.05) is 31.2 Å². The van der Waals surface area contributed by atoms with E-state index in [1.54, 1.807) is 18.0 Å². The Balaban J connectivity index is 1.77. The predicted octanol–water partition coefficient (Wildman–Crippen LogP) is 3.92. The quantitative estimate of drug-likeness (QED) is 0.934. The molecule has 0 aliphatic carbocycles. The van der Waals surface area contributed by atoms with Gasteiger partial charge < -0.3 is 10.2 Å². The topological polar surface area (TPSA) is 45.2 Å². The Bertz CT molecular complexity index is 647. The summed E-state index contributed by atoms with van der Waals surface area (Å²) in [4.78, 5) is 18.7. The van der Waals surface area contributed by atoms with Gasteiger partial charge in [0.1, 0.15) is 5.37 Å². The number of carbonyl (C=O) groups is 1. The van der Waals surface area contributed by atoms with Crippen LogP contribution in [0.5, 0.6) is 0 Å². The van der Waals surface area contributed by atoms with Crippen LogP contribution in [0.25, 0.3) is 0 Å². The monoisotopic (exact) mass is 313 g/mol. The number of para-hydroxylation sites is 1. The molecule has 1 aliphatic heterocycles. The Labute approximate surface area is 134 Å². The summed E-state index contributed by atoms with van der Waals surface area (Å²) in [6.07, 6.45) is 4.49. The van der Waals surface area contributed by atoms with Crippen LogP contribution in [0.2, 0.25) is 0 Å². The summed E-state index contributed by atoms with van der Waals surface area (Å²) in [5.74, 6) is 0.947. The van der Waals surface area contributed by atoms with Crippen molar-refractivity contribution < 1.29 is 4.79 Å². The maximum absolute atomic E-state index is 12.6. The summed E-state index contributed by atoms with van der Waals surface area (Å²) in [6, 6.07) is 11.9. The number of aromatic nitrogens is 1. The van der Waals surface area contributed by atoms with Gasteiger partial charge in [0.05, 0.1) is 0 Å². The first-order valence-corrected chi connectivity index (χ1v) is 8.51. The number of nitrogens with one attached hydrogen (secondary N) is 1. The Hall–Kier alpha value is -2.01. The molecule has 0 radical (unpaired) electrons. The van der Waals surface area contributed by atoms with Crippen LogP contribution in [0.1, 0.15) is 23.4 Å². The van der Waals surface area contributed by atoms with Crippen LogP contribution in [0.3, 0.4) is 0 Å². The second kappa shape index (κ2) is 6.83. The minimum atomic E-state index is -0.0419. The van der Waals surface area contributed by atoms with Crippen LogP contribution in [-0.2, 0) is 6.42 Å². The third kappa shape index (κ3) is 3.09. The number of carbonyl (C=O) groups excluding carboxylic acids is 1. The Morgan fingerprint density at radius 1 is 1.36 bits per heavy atom. The van der Waals surface area contributed by atoms with Crippen LogP contribution in [0.4, 0.5) is 10.5 Å². The molecule has 22 heavy (non-hydrogen) atoms. The summed E-state index contributed by atoms with van der Waals surface area (Å²) in [5.41, 5.74) is 3.13. The van der Waals surface area contributed by atoms with Crippen molar-refractivity contribution in [2.75, 3.05) is 17.6 Å². The predicted molar refractivity (Wildman–Crippen MR) is 91.0 cm³/mol. The minimum Gasteiger partial charge on any atom is -0.308 e. The first kappa shape index (κ1) is 14.9. The van der Waals surface area contributed by atoms with Gasteiger partial charge in [-0.15, -0.1) is 11.8 Å². The summed E-state index contributed by atoms with van der Waals surface area (Å²) >= 11 is 1.78. The van der Waals surface area contributed by atoms with Crippen molar-refractivity contribution in [3.05, 3.63) is 59.9 Å². The number of anilines is 1. The lowest BCUT2D eigenvalue weighted by Gasteiger charge is -2.24. The molecule has 2 heterocycles. The fourth-order valence-electron chi connectivity index (χ4n) is 2.61. The Kier molecular flexibility index (Phi) is 4.63. The molecule has 4 nitrogen and oxygen atoms in total. The van der Waals surface area contributed by atoms with Crippen molar-refractivity contribution in [3.63, 3.8) is 0 Å². The lowest BCUT2D eigenvalue weighted by Crippen LogP contribution is -2.34. The summed E-state index contributed by atoms with van der Waals surface area (Å²) in [5, 5.41) is 3.10. The van der Waals surface area contributed by atoms with Gasteiger partial charge in [-0.2, -0.15) is 0 Å². The number of benzene rings is 1. The van der Waals surface area contributed by atoms with E-state index in [1.807, 2.05) is 47.5 Å². The van der Waals surface area contributed by atoms with E-state index in [0.29, 0.717) is 0 Å². The second-order valence-electron chi connectivity index (χ2n) is 5.14. The molecular formula is C17H19N3OS. The van der Waals surface area contributed by atoms with Gasteiger partial charge in [0.15, 0.2) is 0 Å². The van der Waals surface area contributed by atoms with E-state index >= 15 is 0 Å². The smallest absolute Gasteiger partial charge is 0.308 e. The molecule has 1 saturated heterocycles. The highest BCUT2D eigenvalue weighted by Gasteiger charge is 2.30. The van der Waals surface area contributed by atoms with Crippen molar-refractivity contribution in [2.24, 2.45) is 0 Å². The van der Waals surface area contributed by atoms with E-state index < -0.39 is 0 Å². The molecule has 2 amide bonds. The molecule has 114 valence electrons. The third-order valence-corrected chi connectivity index (χ3v) is 5.02. The van der Waals surface area contributed by atoms with Gasteiger partial charge >= 0.3 is 6.03 Å². The minimum absolute atomic E-state index is 0.0419. The Morgan fingerprint density at radius 2 is 2.23 bits per heavy atom. The molecule has 1 aromatic heterocycles. The van der Waals surface area contributed by atoms with E-state index in [9.17, 15) is 4.79 Å². The van der Waals surface area contributed by atoms with E-state index in [0.717, 1.165) is 35.5 Å². The van der Waals surface area contributed by atoms with Gasteiger partial charge in [-0.05, 0) is 24.1 Å². The number of hydrogen-bond acceptors (Lipinski definition) is 3. The Morgan fingerprint density at radius 3 is 3.00 bits per heavy atom. The molecule has 1 fully saturated rings. The fourth-order valence-corrected chi connectivity index (χ4v) is 3.85. The van der Waals surface area contributed by atoms with Gasteiger partial charge in [-0.3, -0.25) is 4.98 Å². The van der Waals surface area contributed by atoms with Crippen molar-refractivity contribution >= 4 is 23.5 Å². The van der Waals surface area contributed by atoms with Crippen LogP contribution in [0.15, 0.2) is 48.8 Å². The van der Waals surface area contributed by atoms with Gasteiger partial charge in [0, 0.05) is 35.9 Å². The SMILES string of the molecule is CCc1ccccc1NC(=O)N1CCSC1c1cccnc1. The van der Waals surface area contributed by atoms with Crippen LogP contribution in [-0.4, -0.2) is 28.2 Å². The molecule has 0 spiro atoms. The zero-order chi connectivity index (χ0) is 15.4. The van der Waals surface area contributed by atoms with Crippen molar-refractivity contribution in [1.29, 1.82) is 0 Å². The maximum Gasteiger partial charge on any atom is 0.323 e.